The normalized spacial score (nSPS) is 14.8. The van der Waals surface area contributed by atoms with Crippen LogP contribution in [-0.4, -0.2) is 36.4 Å². The average Bonchev–Trinajstić information content (AvgIpc) is 3.13. The predicted octanol–water partition coefficient (Wildman–Crippen LogP) is 4.00. The van der Waals surface area contributed by atoms with Gasteiger partial charge < -0.3 is 14.2 Å². The van der Waals surface area contributed by atoms with Crippen LogP contribution in [0, 0.1) is 0 Å². The van der Waals surface area contributed by atoms with E-state index in [1.165, 1.54) is 5.69 Å². The topological polar surface area (TPSA) is 51.4 Å². The van der Waals surface area contributed by atoms with Gasteiger partial charge in [0.15, 0.2) is 0 Å². The molecule has 4 rings (SSSR count). The number of ether oxygens (including phenoxy) is 1. The summed E-state index contributed by atoms with van der Waals surface area (Å²) in [5.41, 5.74) is 3.04. The van der Waals surface area contributed by atoms with Crippen LogP contribution < -0.4 is 4.90 Å². The molecule has 2 heterocycles. The lowest BCUT2D eigenvalue weighted by molar-refractivity contribution is 0.122. The molecule has 1 saturated heterocycles. The first kappa shape index (κ1) is 15.4. The van der Waals surface area contributed by atoms with Crippen molar-refractivity contribution in [3.63, 3.8) is 0 Å². The van der Waals surface area contributed by atoms with Gasteiger partial charge in [0.25, 0.3) is 5.89 Å². The summed E-state index contributed by atoms with van der Waals surface area (Å²) in [5, 5.41) is 4.10. The van der Waals surface area contributed by atoms with Crippen molar-refractivity contribution in [2.75, 3.05) is 31.2 Å². The first-order valence-electron chi connectivity index (χ1n) is 7.82. The zero-order chi connectivity index (χ0) is 16.4. The summed E-state index contributed by atoms with van der Waals surface area (Å²) in [4.78, 5) is 6.81. The highest BCUT2D eigenvalue weighted by atomic mass is 79.9. The lowest BCUT2D eigenvalue weighted by Crippen LogP contribution is -2.36. The van der Waals surface area contributed by atoms with Crippen LogP contribution in [0.15, 0.2) is 57.5 Å². The minimum Gasteiger partial charge on any atom is -0.378 e. The minimum atomic E-state index is 0.523. The Balaban J connectivity index is 1.54. The zero-order valence-corrected chi connectivity index (χ0v) is 14.6. The Labute approximate surface area is 148 Å². The second-order valence-electron chi connectivity index (χ2n) is 5.58. The van der Waals surface area contributed by atoms with Crippen LogP contribution in [0.1, 0.15) is 0 Å². The number of morpholine rings is 1. The summed E-state index contributed by atoms with van der Waals surface area (Å²) in [6.45, 7) is 3.41. The van der Waals surface area contributed by atoms with Crippen LogP contribution in [0.2, 0.25) is 0 Å². The summed E-state index contributed by atoms with van der Waals surface area (Å²) in [6, 6.07) is 16.0. The number of anilines is 1. The molecule has 0 atom stereocenters. The smallest absolute Gasteiger partial charge is 0.258 e. The lowest BCUT2D eigenvalue weighted by Gasteiger charge is -2.28. The van der Waals surface area contributed by atoms with E-state index in [0.29, 0.717) is 11.7 Å². The van der Waals surface area contributed by atoms with Gasteiger partial charge in [0.2, 0.25) is 5.82 Å². The number of hydrogen-bond acceptors (Lipinski definition) is 5. The SMILES string of the molecule is Brc1ccc(-c2nc(-c3ccc(N4CCOCC4)cc3)no2)cc1. The van der Waals surface area contributed by atoms with Crippen molar-refractivity contribution < 1.29 is 9.26 Å². The molecular weight excluding hydrogens is 370 g/mol. The van der Waals surface area contributed by atoms with Crippen LogP contribution in [0.25, 0.3) is 22.8 Å². The molecule has 0 N–H and O–H groups in total. The third kappa shape index (κ3) is 3.20. The van der Waals surface area contributed by atoms with E-state index >= 15 is 0 Å². The highest BCUT2D eigenvalue weighted by Gasteiger charge is 2.13. The fourth-order valence-electron chi connectivity index (χ4n) is 2.69. The molecule has 122 valence electrons. The van der Waals surface area contributed by atoms with Gasteiger partial charge in [-0.2, -0.15) is 4.98 Å². The third-order valence-corrected chi connectivity index (χ3v) is 4.55. The molecule has 0 aliphatic carbocycles. The minimum absolute atomic E-state index is 0.523. The van der Waals surface area contributed by atoms with Crippen LogP contribution in [0.5, 0.6) is 0 Å². The largest absolute Gasteiger partial charge is 0.378 e. The van der Waals surface area contributed by atoms with E-state index in [4.69, 9.17) is 9.26 Å². The number of hydrogen-bond donors (Lipinski definition) is 0. The second kappa shape index (κ2) is 6.75. The van der Waals surface area contributed by atoms with Crippen LogP contribution >= 0.6 is 15.9 Å². The fraction of sp³-hybridized carbons (Fsp3) is 0.222. The molecule has 1 aromatic heterocycles. The molecule has 2 aromatic carbocycles. The Morgan fingerprint density at radius 3 is 2.25 bits per heavy atom. The van der Waals surface area contributed by atoms with Gasteiger partial charge in [-0.3, -0.25) is 0 Å². The van der Waals surface area contributed by atoms with Gasteiger partial charge in [-0.15, -0.1) is 0 Å². The van der Waals surface area contributed by atoms with E-state index in [1.54, 1.807) is 0 Å². The van der Waals surface area contributed by atoms with Gasteiger partial charge in [0.05, 0.1) is 13.2 Å². The summed E-state index contributed by atoms with van der Waals surface area (Å²) in [5.74, 6) is 1.12. The molecule has 5 nitrogen and oxygen atoms in total. The standard InChI is InChI=1S/C18H16BrN3O2/c19-15-5-1-14(2-6-15)18-20-17(21-24-18)13-3-7-16(8-4-13)22-9-11-23-12-10-22/h1-8H,9-12H2. The Kier molecular flexibility index (Phi) is 4.32. The maximum Gasteiger partial charge on any atom is 0.258 e. The van der Waals surface area contributed by atoms with Gasteiger partial charge in [-0.05, 0) is 48.5 Å². The molecule has 1 aliphatic heterocycles. The van der Waals surface area contributed by atoms with Crippen LogP contribution in [-0.2, 0) is 4.74 Å². The molecule has 0 amide bonds. The van der Waals surface area contributed by atoms with E-state index in [-0.39, 0.29) is 0 Å². The van der Waals surface area contributed by atoms with Gasteiger partial charge in [-0.1, -0.05) is 21.1 Å². The molecule has 0 saturated carbocycles. The van der Waals surface area contributed by atoms with Gasteiger partial charge in [0.1, 0.15) is 0 Å². The lowest BCUT2D eigenvalue weighted by atomic mass is 10.1. The highest BCUT2D eigenvalue weighted by molar-refractivity contribution is 9.10. The number of nitrogens with zero attached hydrogens (tertiary/aromatic N) is 3. The maximum absolute atomic E-state index is 5.39. The summed E-state index contributed by atoms with van der Waals surface area (Å²) >= 11 is 3.42. The van der Waals surface area contributed by atoms with Crippen LogP contribution in [0.4, 0.5) is 5.69 Å². The molecule has 24 heavy (non-hydrogen) atoms. The molecule has 1 fully saturated rings. The molecule has 6 heteroatoms. The average molecular weight is 386 g/mol. The molecule has 3 aromatic rings. The molecule has 0 bridgehead atoms. The number of halogens is 1. The number of rotatable bonds is 3. The van der Waals surface area contributed by atoms with E-state index in [0.717, 1.165) is 41.9 Å². The van der Waals surface area contributed by atoms with Crippen molar-refractivity contribution in [1.82, 2.24) is 10.1 Å². The van der Waals surface area contributed by atoms with Crippen molar-refractivity contribution in [2.45, 2.75) is 0 Å². The summed E-state index contributed by atoms with van der Waals surface area (Å²) < 4.78 is 11.8. The first-order valence-corrected chi connectivity index (χ1v) is 8.62. The number of benzene rings is 2. The van der Waals surface area contributed by atoms with Crippen molar-refractivity contribution in [3.8, 4) is 22.8 Å². The predicted molar refractivity (Wildman–Crippen MR) is 95.9 cm³/mol. The summed E-state index contributed by atoms with van der Waals surface area (Å²) in [6.07, 6.45) is 0. The molecule has 1 aliphatic rings. The Bertz CT molecular complexity index is 809. The monoisotopic (exact) mass is 385 g/mol. The van der Waals surface area contributed by atoms with Gasteiger partial charge >= 0.3 is 0 Å². The first-order chi connectivity index (χ1) is 11.8. The molecule has 0 unspecified atom stereocenters. The van der Waals surface area contributed by atoms with E-state index in [2.05, 4.69) is 43.1 Å². The Morgan fingerprint density at radius 2 is 1.54 bits per heavy atom. The van der Waals surface area contributed by atoms with Crippen molar-refractivity contribution >= 4 is 21.6 Å². The van der Waals surface area contributed by atoms with Gasteiger partial charge in [-0.25, -0.2) is 0 Å². The number of aromatic nitrogens is 2. The fourth-order valence-corrected chi connectivity index (χ4v) is 2.96. The zero-order valence-electron chi connectivity index (χ0n) is 13.0. The summed E-state index contributed by atoms with van der Waals surface area (Å²) in [7, 11) is 0. The van der Waals surface area contributed by atoms with Crippen molar-refractivity contribution in [3.05, 3.63) is 53.0 Å². The molecule has 0 spiro atoms. The van der Waals surface area contributed by atoms with Crippen molar-refractivity contribution in [2.24, 2.45) is 0 Å². The van der Waals surface area contributed by atoms with Gasteiger partial charge in [0, 0.05) is 34.4 Å². The maximum atomic E-state index is 5.39. The Morgan fingerprint density at radius 1 is 0.875 bits per heavy atom. The van der Waals surface area contributed by atoms with Crippen LogP contribution in [0.3, 0.4) is 0 Å². The van der Waals surface area contributed by atoms with E-state index in [1.807, 2.05) is 36.4 Å². The second-order valence-corrected chi connectivity index (χ2v) is 6.49. The third-order valence-electron chi connectivity index (χ3n) is 4.02. The highest BCUT2D eigenvalue weighted by Crippen LogP contribution is 2.25. The van der Waals surface area contributed by atoms with E-state index < -0.39 is 0 Å². The molecular formula is C18H16BrN3O2. The Hall–Kier alpha value is -2.18. The molecule has 0 radical (unpaired) electrons. The van der Waals surface area contributed by atoms with E-state index in [9.17, 15) is 0 Å². The quantitative estimate of drug-likeness (QED) is 0.681. The van der Waals surface area contributed by atoms with Crippen molar-refractivity contribution in [1.29, 1.82) is 0 Å².